The highest BCUT2D eigenvalue weighted by molar-refractivity contribution is 4.46. The van der Waals surface area contributed by atoms with E-state index in [-0.39, 0.29) is 13.3 Å². The molecular formula is C7H16FNO. The Hall–Kier alpha value is -0.150. The Labute approximate surface area is 61.4 Å². The molecule has 0 radical (unpaired) electrons. The summed E-state index contributed by atoms with van der Waals surface area (Å²) in [5.74, 6) is 0. The van der Waals surface area contributed by atoms with Gasteiger partial charge in [0.2, 0.25) is 0 Å². The molecule has 0 bridgehead atoms. The fraction of sp³-hybridized carbons (Fsp3) is 1.00. The Morgan fingerprint density at radius 2 is 1.90 bits per heavy atom. The quantitative estimate of drug-likeness (QED) is 0.522. The lowest BCUT2D eigenvalue weighted by atomic mass is 10.2. The molecule has 0 aliphatic rings. The van der Waals surface area contributed by atoms with E-state index in [9.17, 15) is 4.39 Å². The highest BCUT2D eigenvalue weighted by Crippen LogP contribution is 1.91. The van der Waals surface area contributed by atoms with Gasteiger partial charge in [-0.15, -0.1) is 0 Å². The van der Waals surface area contributed by atoms with Crippen LogP contribution >= 0.6 is 0 Å². The van der Waals surface area contributed by atoms with Gasteiger partial charge < -0.3 is 10.4 Å². The maximum atomic E-state index is 11.5. The molecule has 0 amide bonds. The summed E-state index contributed by atoms with van der Waals surface area (Å²) in [6.07, 6.45) is 2.91. The average molecular weight is 149 g/mol. The molecule has 0 aromatic carbocycles. The second kappa shape index (κ2) is 8.85. The third-order valence-corrected chi connectivity index (χ3v) is 1.28. The first-order valence-electron chi connectivity index (χ1n) is 3.79. The van der Waals surface area contributed by atoms with Gasteiger partial charge in [0.15, 0.2) is 0 Å². The molecule has 3 heteroatoms. The Kier molecular flexibility index (Phi) is 8.72. The Morgan fingerprint density at radius 3 is 2.50 bits per heavy atom. The van der Waals surface area contributed by atoms with Crippen molar-refractivity contribution in [2.75, 3.05) is 26.4 Å². The number of rotatable bonds is 7. The molecule has 0 aromatic heterocycles. The molecular weight excluding hydrogens is 133 g/mol. The highest BCUT2D eigenvalue weighted by Gasteiger charge is 1.87. The lowest BCUT2D eigenvalue weighted by Gasteiger charge is -1.99. The van der Waals surface area contributed by atoms with Gasteiger partial charge >= 0.3 is 0 Å². The first-order chi connectivity index (χ1) is 4.91. The summed E-state index contributed by atoms with van der Waals surface area (Å²) < 4.78 is 11.5. The van der Waals surface area contributed by atoms with Crippen molar-refractivity contribution in [2.24, 2.45) is 0 Å². The summed E-state index contributed by atoms with van der Waals surface area (Å²) in [6, 6.07) is 0. The van der Waals surface area contributed by atoms with Crippen LogP contribution < -0.4 is 5.32 Å². The molecule has 0 atom stereocenters. The number of nitrogens with one attached hydrogen (secondary N) is 1. The van der Waals surface area contributed by atoms with Crippen molar-refractivity contribution >= 4 is 0 Å². The predicted octanol–water partition coefficient (Wildman–Crippen LogP) is 0.708. The van der Waals surface area contributed by atoms with Crippen molar-refractivity contribution in [1.82, 2.24) is 5.32 Å². The molecule has 2 nitrogen and oxygen atoms in total. The third-order valence-electron chi connectivity index (χ3n) is 1.28. The number of unbranched alkanes of at least 4 members (excludes halogenated alkanes) is 2. The minimum atomic E-state index is -0.292. The van der Waals surface area contributed by atoms with Crippen LogP contribution in [0.25, 0.3) is 0 Å². The number of alkyl halides is 1. The number of aliphatic hydroxyl groups excluding tert-OH is 1. The second-order valence-corrected chi connectivity index (χ2v) is 2.22. The third kappa shape index (κ3) is 7.85. The van der Waals surface area contributed by atoms with Gasteiger partial charge in [0.1, 0.15) is 6.67 Å². The first-order valence-corrected chi connectivity index (χ1v) is 3.79. The SMILES string of the molecule is OCCCCCNCCF. The van der Waals surface area contributed by atoms with Crippen LogP contribution in [-0.4, -0.2) is 31.5 Å². The van der Waals surface area contributed by atoms with Gasteiger partial charge in [-0.1, -0.05) is 0 Å². The van der Waals surface area contributed by atoms with Gasteiger partial charge in [-0.25, -0.2) is 4.39 Å². The van der Waals surface area contributed by atoms with E-state index in [0.717, 1.165) is 25.8 Å². The molecule has 0 aliphatic carbocycles. The van der Waals surface area contributed by atoms with Gasteiger partial charge in [-0.05, 0) is 25.8 Å². The zero-order valence-electron chi connectivity index (χ0n) is 6.27. The van der Waals surface area contributed by atoms with Crippen LogP contribution in [0, 0.1) is 0 Å². The lowest BCUT2D eigenvalue weighted by Crippen LogP contribution is -2.17. The van der Waals surface area contributed by atoms with Crippen molar-refractivity contribution in [3.8, 4) is 0 Å². The van der Waals surface area contributed by atoms with E-state index in [1.165, 1.54) is 0 Å². The molecule has 10 heavy (non-hydrogen) atoms. The van der Waals surface area contributed by atoms with Crippen LogP contribution in [0.4, 0.5) is 4.39 Å². The molecule has 2 N–H and O–H groups in total. The van der Waals surface area contributed by atoms with E-state index in [1.807, 2.05) is 0 Å². The summed E-state index contributed by atoms with van der Waals surface area (Å²) in [7, 11) is 0. The van der Waals surface area contributed by atoms with Crippen LogP contribution in [0.15, 0.2) is 0 Å². The standard InChI is InChI=1S/C7H16FNO/c8-4-6-9-5-2-1-3-7-10/h9-10H,1-7H2. The Bertz CT molecular complexity index is 53.6. The fourth-order valence-corrected chi connectivity index (χ4v) is 0.730. The smallest absolute Gasteiger partial charge is 0.102 e. The van der Waals surface area contributed by atoms with Crippen molar-refractivity contribution in [2.45, 2.75) is 19.3 Å². The molecule has 0 unspecified atom stereocenters. The second-order valence-electron chi connectivity index (χ2n) is 2.22. The van der Waals surface area contributed by atoms with E-state index in [2.05, 4.69) is 5.32 Å². The van der Waals surface area contributed by atoms with E-state index in [0.29, 0.717) is 6.54 Å². The zero-order chi connectivity index (χ0) is 7.66. The maximum Gasteiger partial charge on any atom is 0.102 e. The van der Waals surface area contributed by atoms with Gasteiger partial charge in [0, 0.05) is 13.2 Å². The summed E-state index contributed by atoms with van der Waals surface area (Å²) >= 11 is 0. The molecule has 0 saturated carbocycles. The highest BCUT2D eigenvalue weighted by atomic mass is 19.1. The number of halogens is 1. The van der Waals surface area contributed by atoms with Crippen molar-refractivity contribution in [3.63, 3.8) is 0 Å². The van der Waals surface area contributed by atoms with Crippen LogP contribution in [0.2, 0.25) is 0 Å². The number of hydrogen-bond donors (Lipinski definition) is 2. The van der Waals surface area contributed by atoms with Crippen LogP contribution in [-0.2, 0) is 0 Å². The van der Waals surface area contributed by atoms with Crippen molar-refractivity contribution in [1.29, 1.82) is 0 Å². The molecule has 62 valence electrons. The van der Waals surface area contributed by atoms with Gasteiger partial charge in [-0.3, -0.25) is 0 Å². The number of hydrogen-bond acceptors (Lipinski definition) is 2. The van der Waals surface area contributed by atoms with E-state index < -0.39 is 0 Å². The molecule has 0 heterocycles. The summed E-state index contributed by atoms with van der Waals surface area (Å²) in [5.41, 5.74) is 0. The normalized spacial score (nSPS) is 10.2. The van der Waals surface area contributed by atoms with Crippen LogP contribution in [0.5, 0.6) is 0 Å². The minimum absolute atomic E-state index is 0.267. The summed E-state index contributed by atoms with van der Waals surface area (Å²) in [4.78, 5) is 0. The topological polar surface area (TPSA) is 32.3 Å². The summed E-state index contributed by atoms with van der Waals surface area (Å²) in [5, 5.41) is 11.3. The molecule has 0 aliphatic heterocycles. The van der Waals surface area contributed by atoms with E-state index in [1.54, 1.807) is 0 Å². The van der Waals surface area contributed by atoms with Crippen molar-refractivity contribution in [3.05, 3.63) is 0 Å². The van der Waals surface area contributed by atoms with Gasteiger partial charge in [0.05, 0.1) is 0 Å². The first kappa shape index (κ1) is 9.85. The lowest BCUT2D eigenvalue weighted by molar-refractivity contribution is 0.282. The van der Waals surface area contributed by atoms with Gasteiger partial charge in [-0.2, -0.15) is 0 Å². The molecule has 0 rings (SSSR count). The molecule has 0 spiro atoms. The Balaban J connectivity index is 2.65. The van der Waals surface area contributed by atoms with E-state index in [4.69, 9.17) is 5.11 Å². The van der Waals surface area contributed by atoms with Crippen molar-refractivity contribution < 1.29 is 9.50 Å². The van der Waals surface area contributed by atoms with Crippen LogP contribution in [0.3, 0.4) is 0 Å². The average Bonchev–Trinajstić information content (AvgIpc) is 1.97. The zero-order valence-corrected chi connectivity index (χ0v) is 6.27. The maximum absolute atomic E-state index is 11.5. The minimum Gasteiger partial charge on any atom is -0.396 e. The van der Waals surface area contributed by atoms with E-state index >= 15 is 0 Å². The van der Waals surface area contributed by atoms with Gasteiger partial charge in [0.25, 0.3) is 0 Å². The monoisotopic (exact) mass is 149 g/mol. The molecule has 0 fully saturated rings. The van der Waals surface area contributed by atoms with Crippen LogP contribution in [0.1, 0.15) is 19.3 Å². The number of aliphatic hydroxyl groups is 1. The largest absolute Gasteiger partial charge is 0.396 e. The Morgan fingerprint density at radius 1 is 1.10 bits per heavy atom. The molecule has 0 saturated heterocycles. The predicted molar refractivity (Wildman–Crippen MR) is 39.8 cm³/mol. The fourth-order valence-electron chi connectivity index (χ4n) is 0.730. The molecule has 0 aromatic rings. The summed E-state index contributed by atoms with van der Waals surface area (Å²) in [6.45, 7) is 1.30.